The fourth-order valence-electron chi connectivity index (χ4n) is 9.64. The van der Waals surface area contributed by atoms with Gasteiger partial charge in [-0.15, -0.1) is 0 Å². The summed E-state index contributed by atoms with van der Waals surface area (Å²) in [5.74, 6) is 2.74. The molecule has 63 heavy (non-hydrogen) atoms. The van der Waals surface area contributed by atoms with Crippen molar-refractivity contribution in [3.63, 3.8) is 0 Å². The summed E-state index contributed by atoms with van der Waals surface area (Å²) in [6, 6.07) is 16.7. The summed E-state index contributed by atoms with van der Waals surface area (Å²) in [7, 11) is 3.68. The van der Waals surface area contributed by atoms with Gasteiger partial charge in [0.1, 0.15) is 5.82 Å². The third kappa shape index (κ3) is 11.4. The van der Waals surface area contributed by atoms with Gasteiger partial charge in [-0.3, -0.25) is 24.0 Å². The lowest BCUT2D eigenvalue weighted by atomic mass is 9.80. The van der Waals surface area contributed by atoms with E-state index in [9.17, 15) is 14.4 Å². The molecule has 4 fully saturated rings. The van der Waals surface area contributed by atoms with Crippen LogP contribution in [0.2, 0.25) is 0 Å². The van der Waals surface area contributed by atoms with E-state index >= 15 is 0 Å². The Balaban J connectivity index is 0.000000228. The maximum Gasteiger partial charge on any atom is 0.236 e. The van der Waals surface area contributed by atoms with Crippen LogP contribution in [0.1, 0.15) is 133 Å². The zero-order valence-electron chi connectivity index (χ0n) is 37.9. The van der Waals surface area contributed by atoms with Gasteiger partial charge in [-0.25, -0.2) is 9.29 Å². The van der Waals surface area contributed by atoms with E-state index in [2.05, 4.69) is 109 Å². The highest BCUT2D eigenvalue weighted by Gasteiger charge is 2.57. The molecule has 2 saturated carbocycles. The van der Waals surface area contributed by atoms with E-state index in [4.69, 9.17) is 5.11 Å². The molecule has 3 atom stereocenters. The van der Waals surface area contributed by atoms with Crippen molar-refractivity contribution in [3.8, 4) is 0 Å². The van der Waals surface area contributed by atoms with Gasteiger partial charge in [0.2, 0.25) is 24.2 Å². The molecule has 9 rings (SSSR count). The number of anilines is 3. The van der Waals surface area contributed by atoms with Crippen LogP contribution in [0.5, 0.6) is 0 Å². The van der Waals surface area contributed by atoms with Gasteiger partial charge in [-0.05, 0) is 124 Å². The smallest absolute Gasteiger partial charge is 0.236 e. The van der Waals surface area contributed by atoms with Crippen LogP contribution in [-0.4, -0.2) is 97.7 Å². The van der Waals surface area contributed by atoms with Crippen molar-refractivity contribution < 1.29 is 19.5 Å². The molecule has 0 radical (unpaired) electrons. The molecular formula is C48H68N10O4S. The molecule has 0 bridgehead atoms. The average molecular weight is 881 g/mol. The molecule has 4 aromatic rings. The lowest BCUT2D eigenvalue weighted by molar-refractivity contribution is -0.118. The number of amides is 3. The molecule has 2 aromatic heterocycles. The molecule has 5 heterocycles. The van der Waals surface area contributed by atoms with E-state index < -0.39 is 0 Å². The molecular weight excluding hydrogens is 813 g/mol. The summed E-state index contributed by atoms with van der Waals surface area (Å²) >= 11 is 1.93. The maximum absolute atomic E-state index is 12.3. The Morgan fingerprint density at radius 2 is 1.78 bits per heavy atom. The average Bonchev–Trinajstić information content (AvgIpc) is 3.99. The highest BCUT2D eigenvalue weighted by atomic mass is 32.2. The number of aryl methyl sites for hydroxylation is 1. The predicted octanol–water partition coefficient (Wildman–Crippen LogP) is 7.92. The fraction of sp³-hybridized carbons (Fsp3) is 0.583. The van der Waals surface area contributed by atoms with E-state index in [-0.39, 0.29) is 29.8 Å². The molecule has 3 unspecified atom stereocenters. The van der Waals surface area contributed by atoms with Crippen molar-refractivity contribution >= 4 is 58.7 Å². The summed E-state index contributed by atoms with van der Waals surface area (Å²) in [5.41, 5.74) is 4.46. The topological polar surface area (TPSA) is 170 Å². The number of piperidine rings is 2. The Hall–Kier alpha value is -4.57. The number of likely N-dealkylation sites (tertiary alicyclic amines) is 1. The van der Waals surface area contributed by atoms with Crippen LogP contribution in [0.4, 0.5) is 17.6 Å². The molecule has 1 spiro atoms. The van der Waals surface area contributed by atoms with Crippen LogP contribution in [0.3, 0.4) is 0 Å². The number of carbonyl (C=O) groups is 3. The quantitative estimate of drug-likeness (QED) is 0.0533. The van der Waals surface area contributed by atoms with Gasteiger partial charge in [0.25, 0.3) is 0 Å². The van der Waals surface area contributed by atoms with Crippen molar-refractivity contribution in [1.82, 2.24) is 34.3 Å². The summed E-state index contributed by atoms with van der Waals surface area (Å²) < 4.78 is 4.38. The third-order valence-electron chi connectivity index (χ3n) is 13.5. The number of rotatable bonds is 12. The summed E-state index contributed by atoms with van der Waals surface area (Å²) in [6.45, 7) is 10.9. The molecule has 3 amide bonds. The van der Waals surface area contributed by atoms with Gasteiger partial charge in [0.15, 0.2) is 5.82 Å². The number of aromatic nitrogens is 4. The van der Waals surface area contributed by atoms with Crippen molar-refractivity contribution in [2.75, 3.05) is 49.2 Å². The first-order valence-electron chi connectivity index (χ1n) is 23.3. The van der Waals surface area contributed by atoms with Gasteiger partial charge in [0.05, 0.1) is 17.0 Å². The summed E-state index contributed by atoms with van der Waals surface area (Å²) in [6.07, 6.45) is 16.6. The number of aliphatic hydroxyl groups is 1. The SMILES string of the molecule is CC(C)C1CC(c2ccc3c(NC(=O)CCNC=O)nn(C)c3c2)CCN1C(C)c1cccc(SN2CCCCC2)c1.CNc1ncc2c(n1)NC(=O)C21CC1.OC1CCCCC1. The minimum atomic E-state index is -0.276. The number of carbonyl (C=O) groups excluding carboxylic acids is 3. The van der Waals surface area contributed by atoms with E-state index in [1.165, 1.54) is 67.6 Å². The molecule has 15 heteroatoms. The Labute approximate surface area is 377 Å². The van der Waals surface area contributed by atoms with Gasteiger partial charge in [0, 0.05) is 74.3 Å². The number of nitrogens with zero attached hydrogens (tertiary/aromatic N) is 6. The van der Waals surface area contributed by atoms with E-state index in [0.717, 1.165) is 61.5 Å². The number of fused-ring (bicyclic) bond motifs is 3. The monoisotopic (exact) mass is 881 g/mol. The Kier molecular flexibility index (Phi) is 15.8. The molecule has 340 valence electrons. The van der Waals surface area contributed by atoms with E-state index in [1.807, 2.05) is 23.7 Å². The molecule has 5 aliphatic rings. The molecule has 5 N–H and O–H groups in total. The minimum absolute atomic E-state index is 0.0359. The molecule has 2 saturated heterocycles. The van der Waals surface area contributed by atoms with Crippen molar-refractivity contribution in [2.45, 2.75) is 139 Å². The second-order valence-corrected chi connectivity index (χ2v) is 19.4. The molecule has 2 aliphatic carbocycles. The molecule has 2 aromatic carbocycles. The largest absolute Gasteiger partial charge is 0.393 e. The van der Waals surface area contributed by atoms with Crippen molar-refractivity contribution in [3.05, 3.63) is 65.4 Å². The number of benzene rings is 2. The van der Waals surface area contributed by atoms with Gasteiger partial charge >= 0.3 is 0 Å². The van der Waals surface area contributed by atoms with Gasteiger partial charge in [-0.1, -0.05) is 57.7 Å². The minimum Gasteiger partial charge on any atom is -0.393 e. The van der Waals surface area contributed by atoms with Gasteiger partial charge in [-0.2, -0.15) is 10.1 Å². The second kappa shape index (κ2) is 21.4. The standard InChI is InChI=1S/C33H46N6O2S.C9H10N4O.C6H12O/c1-23(2)30-20-27(26-11-12-29-31(21-26)37(4)36-33(29)35-32(41)13-15-34-22-40)14-18-39(30)24(3)25-9-8-10-28(19-25)42-38-16-6-5-7-17-38;1-10-8-11-4-5-6(13-8)12-7(14)9(5)2-3-9;7-6-4-2-1-3-5-6/h8-12,19,21-24,27,30H,5-7,13-18,20H2,1-4H3,(H,34,40)(H,35,36,41);4H,2-3H2,1H3,(H2,10,11,12,13,14);6-7H,1-5H2. The van der Waals surface area contributed by atoms with Crippen molar-refractivity contribution in [1.29, 1.82) is 0 Å². The number of nitrogens with one attached hydrogen (secondary N) is 4. The highest BCUT2D eigenvalue weighted by Crippen LogP contribution is 2.54. The van der Waals surface area contributed by atoms with Crippen LogP contribution >= 0.6 is 11.9 Å². The van der Waals surface area contributed by atoms with E-state index in [1.54, 1.807) is 13.2 Å². The summed E-state index contributed by atoms with van der Waals surface area (Å²) in [5, 5.41) is 25.5. The van der Waals surface area contributed by atoms with Crippen LogP contribution < -0.4 is 21.3 Å². The number of hydrogen-bond donors (Lipinski definition) is 5. The number of hydrogen-bond acceptors (Lipinski definition) is 11. The van der Waals surface area contributed by atoms with Crippen LogP contribution in [0.15, 0.2) is 53.6 Å². The highest BCUT2D eigenvalue weighted by molar-refractivity contribution is 7.97. The number of aliphatic hydroxyl groups excluding tert-OH is 1. The Morgan fingerprint density at radius 3 is 2.46 bits per heavy atom. The van der Waals surface area contributed by atoms with Crippen LogP contribution in [0, 0.1) is 5.92 Å². The summed E-state index contributed by atoms with van der Waals surface area (Å²) in [4.78, 5) is 46.8. The first kappa shape index (κ1) is 46.4. The van der Waals surface area contributed by atoms with Crippen LogP contribution in [-0.2, 0) is 26.8 Å². The van der Waals surface area contributed by atoms with Gasteiger partial charge < -0.3 is 26.4 Å². The first-order valence-corrected chi connectivity index (χ1v) is 24.0. The fourth-order valence-corrected chi connectivity index (χ4v) is 10.7. The Morgan fingerprint density at radius 1 is 1.02 bits per heavy atom. The lowest BCUT2D eigenvalue weighted by Gasteiger charge is -2.45. The third-order valence-corrected chi connectivity index (χ3v) is 14.6. The lowest BCUT2D eigenvalue weighted by Crippen LogP contribution is -2.46. The zero-order chi connectivity index (χ0) is 44.5. The Bertz CT molecular complexity index is 2180. The van der Waals surface area contributed by atoms with E-state index in [0.29, 0.717) is 54.5 Å². The van der Waals surface area contributed by atoms with Crippen molar-refractivity contribution in [2.24, 2.45) is 13.0 Å². The zero-order valence-corrected chi connectivity index (χ0v) is 38.7. The maximum atomic E-state index is 12.3. The normalized spacial score (nSPS) is 21.3. The first-order chi connectivity index (χ1) is 30.5. The molecule has 14 nitrogen and oxygen atoms in total. The molecule has 3 aliphatic heterocycles. The predicted molar refractivity (Wildman–Crippen MR) is 252 cm³/mol. The van der Waals surface area contributed by atoms with Crippen LogP contribution in [0.25, 0.3) is 10.9 Å². The second-order valence-electron chi connectivity index (χ2n) is 18.3.